The van der Waals surface area contributed by atoms with E-state index >= 15 is 0 Å². The molecule has 0 aromatic carbocycles. The smallest absolute Gasteiger partial charge is 0.220 e. The van der Waals surface area contributed by atoms with Crippen LogP contribution in [0.3, 0.4) is 0 Å². The molecule has 12 atom stereocenters. The first-order valence-corrected chi connectivity index (χ1v) is 26.4. The van der Waals surface area contributed by atoms with Crippen LogP contribution in [0.5, 0.6) is 0 Å². The van der Waals surface area contributed by atoms with Gasteiger partial charge in [-0.25, -0.2) is 0 Å². The van der Waals surface area contributed by atoms with E-state index in [2.05, 4.69) is 19.2 Å². The zero-order valence-corrected chi connectivity index (χ0v) is 40.7. The van der Waals surface area contributed by atoms with Gasteiger partial charge in [0.2, 0.25) is 5.91 Å². The van der Waals surface area contributed by atoms with Crippen molar-refractivity contribution in [1.82, 2.24) is 5.32 Å². The Labute approximate surface area is 393 Å². The fourth-order valence-electron chi connectivity index (χ4n) is 8.88. The highest BCUT2D eigenvalue weighted by Gasteiger charge is 2.51. The van der Waals surface area contributed by atoms with Gasteiger partial charge in [-0.05, 0) is 19.3 Å². The third-order valence-electron chi connectivity index (χ3n) is 13.2. The minimum absolute atomic E-state index is 0.237. The van der Waals surface area contributed by atoms with Crippen LogP contribution in [0.25, 0.3) is 0 Å². The van der Waals surface area contributed by atoms with Crippen LogP contribution in [-0.2, 0) is 23.7 Å². The van der Waals surface area contributed by atoms with Gasteiger partial charge in [-0.1, -0.05) is 199 Å². The fourth-order valence-corrected chi connectivity index (χ4v) is 8.88. The zero-order valence-electron chi connectivity index (χ0n) is 40.7. The molecule has 0 aromatic heterocycles. The normalized spacial score (nSPS) is 27.0. The summed E-state index contributed by atoms with van der Waals surface area (Å²) in [6, 6.07) is -0.907. The first kappa shape index (κ1) is 59.9. The largest absolute Gasteiger partial charge is 0.394 e. The molecule has 384 valence electrons. The van der Waals surface area contributed by atoms with Crippen molar-refractivity contribution < 1.29 is 64.6 Å². The minimum Gasteiger partial charge on any atom is -0.394 e. The van der Waals surface area contributed by atoms with Gasteiger partial charge in [0, 0.05) is 6.42 Å². The number of amides is 1. The van der Waals surface area contributed by atoms with Crippen molar-refractivity contribution in [2.45, 2.75) is 286 Å². The number of unbranched alkanes of at least 4 members (excludes halogenated alkanes) is 28. The Morgan fingerprint density at radius 3 is 1.42 bits per heavy atom. The minimum atomic E-state index is -1.78. The second-order valence-electron chi connectivity index (χ2n) is 19.0. The molecule has 2 aliphatic heterocycles. The molecule has 4 unspecified atom stereocenters. The lowest BCUT2D eigenvalue weighted by atomic mass is 9.97. The van der Waals surface area contributed by atoms with Gasteiger partial charge < -0.3 is 65.1 Å². The van der Waals surface area contributed by atoms with Gasteiger partial charge >= 0.3 is 0 Å². The summed E-state index contributed by atoms with van der Waals surface area (Å²) in [6.07, 6.45) is 23.9. The molecule has 0 aliphatic carbocycles. The van der Waals surface area contributed by atoms with Crippen molar-refractivity contribution in [1.29, 1.82) is 0 Å². The maximum atomic E-state index is 13.2. The van der Waals surface area contributed by atoms with Gasteiger partial charge in [0.25, 0.3) is 0 Å². The molecule has 9 N–H and O–H groups in total. The summed E-state index contributed by atoms with van der Waals surface area (Å²) in [7, 11) is 0. The Kier molecular flexibility index (Phi) is 35.5. The molecule has 0 bridgehead atoms. The average Bonchev–Trinajstić information content (AvgIpc) is 3.30. The molecular formula is C51H97NO13. The lowest BCUT2D eigenvalue weighted by Crippen LogP contribution is -2.65. The number of hydrogen-bond acceptors (Lipinski definition) is 13. The molecule has 0 saturated carbocycles. The topological polar surface area (TPSA) is 228 Å². The van der Waals surface area contributed by atoms with Crippen LogP contribution in [0.1, 0.15) is 213 Å². The van der Waals surface area contributed by atoms with Crippen LogP contribution in [0.15, 0.2) is 12.2 Å². The molecular weight excluding hydrogens is 835 g/mol. The fraction of sp³-hybridized carbons (Fsp3) is 0.941. The third-order valence-corrected chi connectivity index (χ3v) is 13.2. The Morgan fingerprint density at radius 2 is 0.954 bits per heavy atom. The summed E-state index contributed by atoms with van der Waals surface area (Å²) in [6.45, 7) is 2.80. The number of rotatable bonds is 41. The molecule has 14 heteroatoms. The summed E-state index contributed by atoms with van der Waals surface area (Å²) in [5, 5.41) is 86.8. The maximum Gasteiger partial charge on any atom is 0.220 e. The van der Waals surface area contributed by atoms with Crippen LogP contribution in [0, 0.1) is 0 Å². The van der Waals surface area contributed by atoms with Crippen LogP contribution < -0.4 is 5.32 Å². The number of nitrogens with one attached hydrogen (secondary N) is 1. The van der Waals surface area contributed by atoms with E-state index in [1.54, 1.807) is 6.08 Å². The Morgan fingerprint density at radius 1 is 0.538 bits per heavy atom. The van der Waals surface area contributed by atoms with E-state index in [0.717, 1.165) is 38.5 Å². The van der Waals surface area contributed by atoms with Crippen molar-refractivity contribution in [3.8, 4) is 0 Å². The van der Waals surface area contributed by atoms with E-state index < -0.39 is 86.8 Å². The third kappa shape index (κ3) is 25.8. The molecule has 14 nitrogen and oxygen atoms in total. The van der Waals surface area contributed by atoms with E-state index in [4.69, 9.17) is 18.9 Å². The van der Waals surface area contributed by atoms with E-state index in [-0.39, 0.29) is 18.9 Å². The van der Waals surface area contributed by atoms with Crippen LogP contribution in [0.2, 0.25) is 0 Å². The van der Waals surface area contributed by atoms with E-state index in [0.29, 0.717) is 6.42 Å². The second-order valence-corrected chi connectivity index (χ2v) is 19.0. The summed E-state index contributed by atoms with van der Waals surface area (Å²) in [5.41, 5.74) is 0. The first-order valence-electron chi connectivity index (χ1n) is 26.4. The van der Waals surface area contributed by atoms with Gasteiger partial charge in [-0.3, -0.25) is 4.79 Å². The summed E-state index contributed by atoms with van der Waals surface area (Å²) in [5.74, 6) is -0.237. The second kappa shape index (κ2) is 38.6. The molecule has 2 rings (SSSR count). The quantitative estimate of drug-likeness (QED) is 0.0219. The Bertz CT molecular complexity index is 1150. The first-order chi connectivity index (χ1) is 31.6. The van der Waals surface area contributed by atoms with Crippen molar-refractivity contribution in [2.75, 3.05) is 19.8 Å². The van der Waals surface area contributed by atoms with Gasteiger partial charge in [0.05, 0.1) is 32.0 Å². The average molecular weight is 932 g/mol. The van der Waals surface area contributed by atoms with E-state index in [1.807, 2.05) is 6.08 Å². The van der Waals surface area contributed by atoms with Crippen LogP contribution in [0.4, 0.5) is 0 Å². The molecule has 2 heterocycles. The predicted octanol–water partition coefficient (Wildman–Crippen LogP) is 7.16. The zero-order chi connectivity index (χ0) is 47.5. The molecule has 0 spiro atoms. The number of carbonyl (C=O) groups is 1. The number of aliphatic hydroxyl groups excluding tert-OH is 8. The Balaban J connectivity index is 1.83. The number of allylic oxidation sites excluding steroid dienone is 1. The van der Waals surface area contributed by atoms with Crippen LogP contribution in [-0.4, -0.2) is 140 Å². The summed E-state index contributed by atoms with van der Waals surface area (Å²) < 4.78 is 22.7. The van der Waals surface area contributed by atoms with Gasteiger partial charge in [0.1, 0.15) is 48.8 Å². The highest BCUT2D eigenvalue weighted by Crippen LogP contribution is 2.30. The SMILES string of the molecule is CCCCCCCCCCCCCC/C=C/[C@@H](O)[C@H](CO[C@@H]1O[C@H](CO)[C@@H](O[C@@H]2O[C@H](CO)[C@H](O)C(O)C2O)C(O)C1O)NC(=O)CCCCCCCCCCCCCCCCCCC. The van der Waals surface area contributed by atoms with Crippen molar-refractivity contribution >= 4 is 5.91 Å². The van der Waals surface area contributed by atoms with Crippen molar-refractivity contribution in [3.63, 3.8) is 0 Å². The highest BCUT2D eigenvalue weighted by atomic mass is 16.7. The van der Waals surface area contributed by atoms with Gasteiger partial charge in [0.15, 0.2) is 12.6 Å². The number of hydrogen-bond donors (Lipinski definition) is 9. The van der Waals surface area contributed by atoms with Crippen molar-refractivity contribution in [2.24, 2.45) is 0 Å². The summed E-state index contributed by atoms with van der Waals surface area (Å²) in [4.78, 5) is 13.2. The monoisotopic (exact) mass is 932 g/mol. The maximum absolute atomic E-state index is 13.2. The van der Waals surface area contributed by atoms with Crippen molar-refractivity contribution in [3.05, 3.63) is 12.2 Å². The molecule has 0 radical (unpaired) electrons. The number of ether oxygens (including phenoxy) is 4. The number of carbonyl (C=O) groups excluding carboxylic acids is 1. The Hall–Kier alpha value is -1.27. The molecule has 2 saturated heterocycles. The van der Waals surface area contributed by atoms with Gasteiger partial charge in [-0.2, -0.15) is 0 Å². The van der Waals surface area contributed by atoms with Crippen LogP contribution >= 0.6 is 0 Å². The van der Waals surface area contributed by atoms with E-state index in [9.17, 15) is 45.6 Å². The lowest BCUT2D eigenvalue weighted by Gasteiger charge is -2.46. The molecule has 65 heavy (non-hydrogen) atoms. The predicted molar refractivity (Wildman–Crippen MR) is 254 cm³/mol. The molecule has 1 amide bonds. The highest BCUT2D eigenvalue weighted by molar-refractivity contribution is 5.76. The van der Waals surface area contributed by atoms with Gasteiger partial charge in [-0.15, -0.1) is 0 Å². The molecule has 0 aromatic rings. The number of aliphatic hydroxyl groups is 8. The molecule has 2 aliphatic rings. The molecule has 2 fully saturated rings. The summed E-state index contributed by atoms with van der Waals surface area (Å²) >= 11 is 0. The lowest BCUT2D eigenvalue weighted by molar-refractivity contribution is -0.359. The van der Waals surface area contributed by atoms with E-state index in [1.165, 1.54) is 148 Å². The standard InChI is InChI=1S/C51H97NO13/c1-3-5-7-9-11-13-15-17-19-20-21-23-25-27-29-31-33-35-43(56)52-39(40(55)34-32-30-28-26-24-22-18-16-14-12-10-8-6-4-2)38-62-50-48(61)46(59)49(42(37-54)64-50)65-51-47(60)45(58)44(57)41(36-53)63-51/h32,34,39-42,44-51,53-55,57-61H,3-31,33,35-38H2,1-2H3,(H,52,56)/b34-32+/t39-,40+,41+,42+,44-,45?,46?,47?,48?,49+,50+,51-/m0/s1.